The average Bonchev–Trinajstić information content (AvgIpc) is 2.55. The summed E-state index contributed by atoms with van der Waals surface area (Å²) in [6.45, 7) is 1.05. The number of rotatable bonds is 4. The second-order valence-corrected chi connectivity index (χ2v) is 5.74. The summed E-state index contributed by atoms with van der Waals surface area (Å²) in [6.07, 6.45) is 0. The molecule has 0 spiro atoms. The maximum absolute atomic E-state index is 12.8. The zero-order valence-corrected chi connectivity index (χ0v) is 13.7. The number of fused-ring (bicyclic) bond motifs is 1. The number of hydrogen-bond donors (Lipinski definition) is 2. The molecule has 5 nitrogen and oxygen atoms in total. The van der Waals surface area contributed by atoms with Crippen LogP contribution in [0.3, 0.4) is 0 Å². The van der Waals surface area contributed by atoms with Crippen molar-refractivity contribution in [3.8, 4) is 11.5 Å². The molecule has 0 atom stereocenters. The number of carbonyl (C=O) groups is 1. The van der Waals surface area contributed by atoms with Gasteiger partial charge in [-0.25, -0.2) is 4.39 Å². The van der Waals surface area contributed by atoms with Gasteiger partial charge in [0.2, 0.25) is 5.91 Å². The molecule has 0 bridgehead atoms. The van der Waals surface area contributed by atoms with Crippen molar-refractivity contribution >= 4 is 33.2 Å². The van der Waals surface area contributed by atoms with E-state index in [1.807, 2.05) is 0 Å². The molecule has 0 saturated heterocycles. The number of carbonyl (C=O) groups excluding carboxylic acids is 1. The fourth-order valence-electron chi connectivity index (χ4n) is 2.10. The Morgan fingerprint density at radius 3 is 2.48 bits per heavy atom. The van der Waals surface area contributed by atoms with Gasteiger partial charge in [-0.1, -0.05) is 0 Å². The number of hydrogen-bond acceptors (Lipinski definition) is 4. The normalized spacial score (nSPS) is 12.6. The van der Waals surface area contributed by atoms with Gasteiger partial charge in [0, 0.05) is 22.3 Å². The standard InChI is InChI=1S/C16H14BrFN2O3/c17-12-7-14-15(23-6-5-22-14)8-13(12)20-16(21)9-19-11-3-1-10(18)2-4-11/h1-4,7-8,19H,5-6,9H2,(H,20,21). The summed E-state index contributed by atoms with van der Waals surface area (Å²) >= 11 is 3.40. The summed E-state index contributed by atoms with van der Waals surface area (Å²) in [5.41, 5.74) is 1.27. The van der Waals surface area contributed by atoms with Crippen LogP contribution >= 0.6 is 15.9 Å². The minimum Gasteiger partial charge on any atom is -0.486 e. The van der Waals surface area contributed by atoms with E-state index in [9.17, 15) is 9.18 Å². The predicted octanol–water partition coefficient (Wildman–Crippen LogP) is 3.41. The Bertz CT molecular complexity index is 722. The highest BCUT2D eigenvalue weighted by atomic mass is 79.9. The monoisotopic (exact) mass is 380 g/mol. The zero-order valence-electron chi connectivity index (χ0n) is 12.1. The quantitative estimate of drug-likeness (QED) is 0.853. The van der Waals surface area contributed by atoms with E-state index >= 15 is 0 Å². The molecule has 1 heterocycles. The van der Waals surface area contributed by atoms with Crippen LogP contribution in [0.4, 0.5) is 15.8 Å². The van der Waals surface area contributed by atoms with Gasteiger partial charge in [0.25, 0.3) is 0 Å². The first-order valence-electron chi connectivity index (χ1n) is 7.00. The Labute approximate surface area is 140 Å². The van der Waals surface area contributed by atoms with Gasteiger partial charge in [-0.3, -0.25) is 4.79 Å². The third-order valence-corrected chi connectivity index (χ3v) is 3.86. The van der Waals surface area contributed by atoms with Crippen molar-refractivity contribution in [2.24, 2.45) is 0 Å². The lowest BCUT2D eigenvalue weighted by Gasteiger charge is -2.20. The van der Waals surface area contributed by atoms with Gasteiger partial charge in [0.1, 0.15) is 19.0 Å². The first-order valence-corrected chi connectivity index (χ1v) is 7.79. The highest BCUT2D eigenvalue weighted by Gasteiger charge is 2.16. The van der Waals surface area contributed by atoms with Crippen LogP contribution < -0.4 is 20.1 Å². The van der Waals surface area contributed by atoms with Crippen molar-refractivity contribution < 1.29 is 18.7 Å². The van der Waals surface area contributed by atoms with E-state index in [1.54, 1.807) is 24.3 Å². The third kappa shape index (κ3) is 3.92. The minimum atomic E-state index is -0.319. The largest absolute Gasteiger partial charge is 0.486 e. The molecule has 2 aromatic rings. The van der Waals surface area contributed by atoms with E-state index in [4.69, 9.17) is 9.47 Å². The summed E-state index contributed by atoms with van der Waals surface area (Å²) in [5, 5.41) is 5.71. The molecule has 1 aliphatic rings. The third-order valence-electron chi connectivity index (χ3n) is 3.20. The smallest absolute Gasteiger partial charge is 0.243 e. The van der Waals surface area contributed by atoms with Gasteiger partial charge >= 0.3 is 0 Å². The lowest BCUT2D eigenvalue weighted by atomic mass is 10.2. The van der Waals surface area contributed by atoms with Crippen molar-refractivity contribution in [3.05, 3.63) is 46.7 Å². The maximum Gasteiger partial charge on any atom is 0.243 e. The summed E-state index contributed by atoms with van der Waals surface area (Å²) in [5.74, 6) is 0.693. The number of ether oxygens (including phenoxy) is 2. The number of nitrogens with one attached hydrogen (secondary N) is 2. The first-order chi connectivity index (χ1) is 11.1. The van der Waals surface area contributed by atoms with Gasteiger partial charge in [-0.2, -0.15) is 0 Å². The van der Waals surface area contributed by atoms with Crippen LogP contribution in [0.5, 0.6) is 11.5 Å². The second-order valence-electron chi connectivity index (χ2n) is 4.88. The van der Waals surface area contributed by atoms with Gasteiger partial charge in [0.15, 0.2) is 11.5 Å². The Kier molecular flexibility index (Phi) is 4.66. The molecule has 0 fully saturated rings. The molecule has 0 unspecified atom stereocenters. The molecular formula is C16H14BrFN2O3. The summed E-state index contributed by atoms with van der Waals surface area (Å²) < 4.78 is 24.5. The Morgan fingerprint density at radius 1 is 1.13 bits per heavy atom. The van der Waals surface area contributed by atoms with Crippen molar-refractivity contribution in [2.45, 2.75) is 0 Å². The van der Waals surface area contributed by atoms with E-state index in [0.717, 1.165) is 0 Å². The van der Waals surface area contributed by atoms with Gasteiger partial charge in [-0.15, -0.1) is 0 Å². The summed E-state index contributed by atoms with van der Waals surface area (Å²) in [6, 6.07) is 9.28. The molecule has 2 N–H and O–H groups in total. The van der Waals surface area contributed by atoms with Crippen molar-refractivity contribution in [2.75, 3.05) is 30.4 Å². The van der Waals surface area contributed by atoms with Crippen molar-refractivity contribution in [1.82, 2.24) is 0 Å². The highest BCUT2D eigenvalue weighted by Crippen LogP contribution is 2.38. The van der Waals surface area contributed by atoms with Gasteiger partial charge < -0.3 is 20.1 Å². The number of anilines is 2. The Morgan fingerprint density at radius 2 is 1.78 bits per heavy atom. The van der Waals surface area contributed by atoms with Crippen molar-refractivity contribution in [1.29, 1.82) is 0 Å². The molecule has 0 saturated carbocycles. The van der Waals surface area contributed by atoms with Crippen LogP contribution in [0, 0.1) is 5.82 Å². The van der Waals surface area contributed by atoms with E-state index in [0.29, 0.717) is 40.6 Å². The van der Waals surface area contributed by atoms with Crippen LogP contribution in [-0.4, -0.2) is 25.7 Å². The highest BCUT2D eigenvalue weighted by molar-refractivity contribution is 9.10. The number of amides is 1. The van der Waals surface area contributed by atoms with E-state index in [2.05, 4.69) is 26.6 Å². The number of benzene rings is 2. The molecule has 0 aromatic heterocycles. The fourth-order valence-corrected chi connectivity index (χ4v) is 2.53. The van der Waals surface area contributed by atoms with Crippen LogP contribution in [0.15, 0.2) is 40.9 Å². The van der Waals surface area contributed by atoms with Gasteiger partial charge in [-0.05, 0) is 40.2 Å². The number of halogens is 2. The van der Waals surface area contributed by atoms with Crippen LogP contribution in [-0.2, 0) is 4.79 Å². The molecule has 1 aliphatic heterocycles. The van der Waals surface area contributed by atoms with Crippen LogP contribution in [0.2, 0.25) is 0 Å². The molecular weight excluding hydrogens is 367 g/mol. The Hall–Kier alpha value is -2.28. The van der Waals surface area contributed by atoms with E-state index in [-0.39, 0.29) is 18.3 Å². The van der Waals surface area contributed by atoms with E-state index < -0.39 is 0 Å². The molecule has 7 heteroatoms. The van der Waals surface area contributed by atoms with Crippen LogP contribution in [0.25, 0.3) is 0 Å². The lowest BCUT2D eigenvalue weighted by molar-refractivity contribution is -0.114. The molecule has 120 valence electrons. The topological polar surface area (TPSA) is 59.6 Å². The minimum absolute atomic E-state index is 0.0620. The molecule has 2 aromatic carbocycles. The maximum atomic E-state index is 12.8. The molecule has 23 heavy (non-hydrogen) atoms. The second kappa shape index (κ2) is 6.87. The molecule has 0 radical (unpaired) electrons. The Balaban J connectivity index is 1.62. The zero-order chi connectivity index (χ0) is 16.2. The first kappa shape index (κ1) is 15.6. The molecule has 3 rings (SSSR count). The summed E-state index contributed by atoms with van der Waals surface area (Å²) in [7, 11) is 0. The lowest BCUT2D eigenvalue weighted by Crippen LogP contribution is -2.22. The molecule has 0 aliphatic carbocycles. The average molecular weight is 381 g/mol. The predicted molar refractivity (Wildman–Crippen MR) is 88.7 cm³/mol. The van der Waals surface area contributed by atoms with E-state index in [1.165, 1.54) is 12.1 Å². The van der Waals surface area contributed by atoms with Crippen molar-refractivity contribution in [3.63, 3.8) is 0 Å². The molecule has 1 amide bonds. The SMILES string of the molecule is O=C(CNc1ccc(F)cc1)Nc1cc2c(cc1Br)OCCO2. The van der Waals surface area contributed by atoms with Crippen LogP contribution in [0.1, 0.15) is 0 Å². The summed E-state index contributed by atoms with van der Waals surface area (Å²) in [4.78, 5) is 12.0. The van der Waals surface area contributed by atoms with Gasteiger partial charge in [0.05, 0.1) is 12.2 Å². The fraction of sp³-hybridized carbons (Fsp3) is 0.188.